The molecule has 1 aromatic carbocycles. The average molecular weight is 319 g/mol. The topological polar surface area (TPSA) is 89.3 Å². The van der Waals surface area contributed by atoms with E-state index in [0.717, 1.165) is 0 Å². The van der Waals surface area contributed by atoms with Crippen LogP contribution in [0.2, 0.25) is 0 Å². The number of sulfonamides is 1. The first-order valence-corrected chi connectivity index (χ1v) is 7.35. The van der Waals surface area contributed by atoms with Crippen LogP contribution in [0, 0.1) is 0 Å². The molecule has 0 spiro atoms. The lowest BCUT2D eigenvalue weighted by atomic mass is 10.2. The van der Waals surface area contributed by atoms with Crippen LogP contribution in [0.1, 0.15) is 23.2 Å². The third-order valence-corrected chi connectivity index (χ3v) is 4.97. The summed E-state index contributed by atoms with van der Waals surface area (Å²) in [7, 11) is -3.50. The summed E-state index contributed by atoms with van der Waals surface area (Å²) < 4.78 is 25.7. The van der Waals surface area contributed by atoms with Crippen molar-refractivity contribution in [3.63, 3.8) is 0 Å². The zero-order chi connectivity index (χ0) is 12.6. The summed E-state index contributed by atoms with van der Waals surface area (Å²) >= 11 is 3.18. The van der Waals surface area contributed by atoms with Crippen molar-refractivity contribution in [1.29, 1.82) is 0 Å². The van der Waals surface area contributed by atoms with Crippen LogP contribution in [0.4, 0.5) is 5.69 Å². The monoisotopic (exact) mass is 318 g/mol. The minimum absolute atomic E-state index is 0.260. The molecule has 1 amide bonds. The van der Waals surface area contributed by atoms with Crippen LogP contribution in [-0.2, 0) is 10.0 Å². The van der Waals surface area contributed by atoms with Crippen LogP contribution < -0.4 is 10.5 Å². The van der Waals surface area contributed by atoms with E-state index in [1.165, 1.54) is 12.1 Å². The van der Waals surface area contributed by atoms with E-state index in [1.54, 1.807) is 6.07 Å². The van der Waals surface area contributed by atoms with Gasteiger partial charge in [-0.1, -0.05) is 0 Å². The molecule has 0 heterocycles. The van der Waals surface area contributed by atoms with Gasteiger partial charge in [0.05, 0.1) is 5.25 Å². The lowest BCUT2D eigenvalue weighted by Crippen LogP contribution is -2.33. The van der Waals surface area contributed by atoms with Crippen LogP contribution in [-0.4, -0.2) is 19.6 Å². The number of anilines is 1. The van der Waals surface area contributed by atoms with Crippen molar-refractivity contribution in [2.45, 2.75) is 18.1 Å². The van der Waals surface area contributed by atoms with Gasteiger partial charge in [0.15, 0.2) is 0 Å². The van der Waals surface area contributed by atoms with E-state index >= 15 is 0 Å². The fourth-order valence-corrected chi connectivity index (χ4v) is 3.00. The van der Waals surface area contributed by atoms with Crippen LogP contribution >= 0.6 is 15.9 Å². The lowest BCUT2D eigenvalue weighted by molar-refractivity contribution is 0.0981. The maximum Gasteiger partial charge on any atom is 0.264 e. The highest BCUT2D eigenvalue weighted by molar-refractivity contribution is 9.10. The molecule has 1 fully saturated rings. The maximum absolute atomic E-state index is 11.7. The SMILES string of the molecule is Nc1ccc(C(=O)NS(=O)(=O)C2CC2)cc1Br. The number of nitrogens with two attached hydrogens (primary N) is 1. The molecule has 3 N–H and O–H groups in total. The quantitative estimate of drug-likeness (QED) is 0.821. The number of nitrogens with one attached hydrogen (secondary N) is 1. The largest absolute Gasteiger partial charge is 0.398 e. The van der Waals surface area contributed by atoms with Gasteiger partial charge in [0.2, 0.25) is 10.0 Å². The fraction of sp³-hybridized carbons (Fsp3) is 0.300. The Morgan fingerprint density at radius 3 is 2.59 bits per heavy atom. The third-order valence-electron chi connectivity index (χ3n) is 2.46. The first-order chi connectivity index (χ1) is 7.90. The molecule has 0 aromatic heterocycles. The van der Waals surface area contributed by atoms with E-state index in [9.17, 15) is 13.2 Å². The molecule has 0 aliphatic heterocycles. The number of hydrogen-bond donors (Lipinski definition) is 2. The number of halogens is 1. The second-order valence-corrected chi connectivity index (χ2v) is 6.73. The van der Waals surface area contributed by atoms with Gasteiger partial charge in [-0.05, 0) is 47.0 Å². The molecular weight excluding hydrogens is 308 g/mol. The molecule has 1 aromatic rings. The van der Waals surface area contributed by atoms with Crippen LogP contribution in [0.25, 0.3) is 0 Å². The predicted molar refractivity (Wildman–Crippen MR) is 68.0 cm³/mol. The van der Waals surface area contributed by atoms with Crippen LogP contribution in [0.3, 0.4) is 0 Å². The van der Waals surface area contributed by atoms with Gasteiger partial charge in [-0.3, -0.25) is 4.79 Å². The van der Waals surface area contributed by atoms with Gasteiger partial charge in [-0.2, -0.15) is 0 Å². The Morgan fingerprint density at radius 1 is 1.41 bits per heavy atom. The molecule has 0 atom stereocenters. The zero-order valence-corrected chi connectivity index (χ0v) is 11.2. The number of nitrogen functional groups attached to an aromatic ring is 1. The second-order valence-electron chi connectivity index (χ2n) is 3.91. The van der Waals surface area contributed by atoms with E-state index < -0.39 is 21.2 Å². The minimum atomic E-state index is -3.50. The zero-order valence-electron chi connectivity index (χ0n) is 8.81. The molecule has 0 unspecified atom stereocenters. The fourth-order valence-electron chi connectivity index (χ4n) is 1.32. The molecule has 0 radical (unpaired) electrons. The molecule has 0 bridgehead atoms. The number of rotatable bonds is 3. The molecule has 17 heavy (non-hydrogen) atoms. The molecule has 2 rings (SSSR count). The molecule has 92 valence electrons. The summed E-state index contributed by atoms with van der Waals surface area (Å²) in [5.74, 6) is -0.627. The maximum atomic E-state index is 11.7. The second kappa shape index (κ2) is 4.30. The van der Waals surface area contributed by atoms with Crippen molar-refractivity contribution >= 4 is 37.5 Å². The minimum Gasteiger partial charge on any atom is -0.398 e. The Morgan fingerprint density at radius 2 is 2.06 bits per heavy atom. The molecule has 5 nitrogen and oxygen atoms in total. The Bertz CT molecular complexity index is 567. The van der Waals surface area contributed by atoms with Gasteiger partial charge in [0.1, 0.15) is 0 Å². The van der Waals surface area contributed by atoms with Gasteiger partial charge >= 0.3 is 0 Å². The third kappa shape index (κ3) is 2.78. The number of benzene rings is 1. The van der Waals surface area contributed by atoms with Crippen LogP contribution in [0.15, 0.2) is 22.7 Å². The average Bonchev–Trinajstić information content (AvgIpc) is 3.04. The van der Waals surface area contributed by atoms with Gasteiger partial charge in [-0.25, -0.2) is 13.1 Å². The van der Waals surface area contributed by atoms with E-state index in [4.69, 9.17) is 5.73 Å². The standard InChI is InChI=1S/C10H11BrN2O3S/c11-8-5-6(1-4-9(8)12)10(14)13-17(15,16)7-2-3-7/h1,4-5,7H,2-3,12H2,(H,13,14). The highest BCUT2D eigenvalue weighted by Crippen LogP contribution is 2.27. The Hall–Kier alpha value is -1.08. The summed E-state index contributed by atoms with van der Waals surface area (Å²) in [6, 6.07) is 4.52. The highest BCUT2D eigenvalue weighted by Gasteiger charge is 2.36. The summed E-state index contributed by atoms with van der Waals surface area (Å²) in [5, 5.41) is -0.413. The number of carbonyl (C=O) groups is 1. The highest BCUT2D eigenvalue weighted by atomic mass is 79.9. The predicted octanol–water partition coefficient (Wildman–Crippen LogP) is 1.25. The molecule has 7 heteroatoms. The van der Waals surface area contributed by atoms with Gasteiger partial charge in [-0.15, -0.1) is 0 Å². The number of carbonyl (C=O) groups excluding carboxylic acids is 1. The molecule has 1 saturated carbocycles. The van der Waals surface area contributed by atoms with Crippen LogP contribution in [0.5, 0.6) is 0 Å². The lowest BCUT2D eigenvalue weighted by Gasteiger charge is -2.06. The van der Waals surface area contributed by atoms with E-state index in [1.807, 2.05) is 0 Å². The Kier molecular flexibility index (Phi) is 3.13. The molecule has 1 aliphatic rings. The normalized spacial score (nSPS) is 15.6. The molecule has 0 saturated heterocycles. The van der Waals surface area contributed by atoms with E-state index in [-0.39, 0.29) is 5.56 Å². The van der Waals surface area contributed by atoms with Gasteiger partial charge < -0.3 is 5.73 Å². The van der Waals surface area contributed by atoms with Crippen molar-refractivity contribution in [3.05, 3.63) is 28.2 Å². The number of hydrogen-bond acceptors (Lipinski definition) is 4. The van der Waals surface area contributed by atoms with Gasteiger partial charge in [0.25, 0.3) is 5.91 Å². The number of amides is 1. The van der Waals surface area contributed by atoms with Gasteiger partial charge in [0, 0.05) is 15.7 Å². The first kappa shape index (κ1) is 12.4. The first-order valence-electron chi connectivity index (χ1n) is 5.01. The summed E-state index contributed by atoms with van der Waals surface area (Å²) in [4.78, 5) is 11.7. The van der Waals surface area contributed by atoms with Crippen molar-refractivity contribution in [3.8, 4) is 0 Å². The van der Waals surface area contributed by atoms with Crippen molar-refractivity contribution in [2.24, 2.45) is 0 Å². The van der Waals surface area contributed by atoms with E-state index in [0.29, 0.717) is 23.0 Å². The van der Waals surface area contributed by atoms with Crippen molar-refractivity contribution in [2.75, 3.05) is 5.73 Å². The smallest absolute Gasteiger partial charge is 0.264 e. The summed E-state index contributed by atoms with van der Waals surface area (Å²) in [6.45, 7) is 0. The molecule has 1 aliphatic carbocycles. The van der Waals surface area contributed by atoms with Crippen molar-refractivity contribution < 1.29 is 13.2 Å². The Labute approximate surface area is 108 Å². The Balaban J connectivity index is 2.17. The molecular formula is C10H11BrN2O3S. The van der Waals surface area contributed by atoms with E-state index in [2.05, 4.69) is 20.7 Å². The summed E-state index contributed by atoms with van der Waals surface area (Å²) in [6.07, 6.45) is 1.24. The summed E-state index contributed by atoms with van der Waals surface area (Å²) in [5.41, 5.74) is 6.33. The van der Waals surface area contributed by atoms with Crippen molar-refractivity contribution in [1.82, 2.24) is 4.72 Å².